The van der Waals surface area contributed by atoms with Crippen LogP contribution in [0.1, 0.15) is 33.6 Å². The van der Waals surface area contributed by atoms with Gasteiger partial charge >= 0.3 is 0 Å². The van der Waals surface area contributed by atoms with E-state index in [1.807, 2.05) is 48.7 Å². The fourth-order valence-electron chi connectivity index (χ4n) is 2.90. The first-order valence-electron chi connectivity index (χ1n) is 8.52. The molecule has 1 aromatic carbocycles. The summed E-state index contributed by atoms with van der Waals surface area (Å²) >= 11 is 0. The molecule has 0 saturated heterocycles. The average molecular weight is 362 g/mol. The summed E-state index contributed by atoms with van der Waals surface area (Å²) in [5.41, 5.74) is 3.83. The van der Waals surface area contributed by atoms with Crippen molar-refractivity contribution in [1.29, 1.82) is 0 Å². The second-order valence-corrected chi connectivity index (χ2v) is 6.24. The van der Waals surface area contributed by atoms with E-state index in [-0.39, 0.29) is 18.1 Å². The van der Waals surface area contributed by atoms with E-state index in [0.717, 1.165) is 22.4 Å². The number of carbonyl (C=O) groups excluding carboxylic acids is 1. The quantitative estimate of drug-likeness (QED) is 0.585. The molecule has 0 spiro atoms. The van der Waals surface area contributed by atoms with Gasteiger partial charge in [0.2, 0.25) is 5.89 Å². The maximum Gasteiger partial charge on any atom is 0.273 e. The largest absolute Gasteiger partial charge is 0.446 e. The number of oxazole rings is 1. The van der Waals surface area contributed by atoms with Crippen LogP contribution in [0.4, 0.5) is 0 Å². The molecule has 0 aliphatic heterocycles. The lowest BCUT2D eigenvalue weighted by Gasteiger charge is -2.04. The van der Waals surface area contributed by atoms with Crippen LogP contribution in [0.5, 0.6) is 0 Å². The smallest absolute Gasteiger partial charge is 0.273 e. The van der Waals surface area contributed by atoms with Crippen molar-refractivity contribution in [1.82, 2.24) is 29.8 Å². The fourth-order valence-corrected chi connectivity index (χ4v) is 2.90. The van der Waals surface area contributed by atoms with Crippen LogP contribution < -0.4 is 5.32 Å². The molecule has 0 fully saturated rings. The van der Waals surface area contributed by atoms with Crippen LogP contribution in [-0.4, -0.2) is 30.4 Å². The van der Waals surface area contributed by atoms with E-state index in [1.54, 1.807) is 6.33 Å². The SMILES string of the molecule is Cc1cc(C)nc(CNC(=O)c2coc(Cn3cnc4ccccc43)n2)n1. The second-order valence-electron chi connectivity index (χ2n) is 6.24. The Morgan fingerprint density at radius 1 is 1.15 bits per heavy atom. The Morgan fingerprint density at radius 3 is 2.74 bits per heavy atom. The lowest BCUT2D eigenvalue weighted by atomic mass is 10.3. The number of para-hydroxylation sites is 2. The minimum atomic E-state index is -0.330. The molecule has 8 nitrogen and oxygen atoms in total. The molecule has 0 radical (unpaired) electrons. The van der Waals surface area contributed by atoms with Gasteiger partial charge in [-0.3, -0.25) is 4.79 Å². The lowest BCUT2D eigenvalue weighted by Crippen LogP contribution is -2.24. The molecule has 1 N–H and O–H groups in total. The molecule has 0 saturated carbocycles. The van der Waals surface area contributed by atoms with Gasteiger partial charge in [0, 0.05) is 11.4 Å². The van der Waals surface area contributed by atoms with E-state index in [9.17, 15) is 4.79 Å². The van der Waals surface area contributed by atoms with Crippen LogP contribution in [0.3, 0.4) is 0 Å². The standard InChI is InChI=1S/C19H18N6O2/c1-12-7-13(2)23-17(22-12)8-20-19(26)15-10-27-18(24-15)9-25-11-21-14-5-3-4-6-16(14)25/h3-7,10-11H,8-9H2,1-2H3,(H,20,26). The number of benzene rings is 1. The molecule has 0 bridgehead atoms. The van der Waals surface area contributed by atoms with Gasteiger partial charge in [0.15, 0.2) is 5.69 Å². The summed E-state index contributed by atoms with van der Waals surface area (Å²) in [5.74, 6) is 0.670. The number of hydrogen-bond acceptors (Lipinski definition) is 6. The molecule has 136 valence electrons. The highest BCUT2D eigenvalue weighted by Crippen LogP contribution is 2.14. The van der Waals surface area contributed by atoms with Crippen LogP contribution >= 0.6 is 0 Å². The summed E-state index contributed by atoms with van der Waals surface area (Å²) in [6.07, 6.45) is 3.08. The van der Waals surface area contributed by atoms with E-state index < -0.39 is 0 Å². The van der Waals surface area contributed by atoms with Gasteiger partial charge < -0.3 is 14.3 Å². The van der Waals surface area contributed by atoms with E-state index in [0.29, 0.717) is 18.3 Å². The van der Waals surface area contributed by atoms with Crippen LogP contribution in [0.2, 0.25) is 0 Å². The van der Waals surface area contributed by atoms with E-state index >= 15 is 0 Å². The molecule has 27 heavy (non-hydrogen) atoms. The van der Waals surface area contributed by atoms with Crippen molar-refractivity contribution >= 4 is 16.9 Å². The number of aryl methyl sites for hydroxylation is 2. The first kappa shape index (κ1) is 16.9. The maximum absolute atomic E-state index is 12.3. The molecule has 0 atom stereocenters. The molecule has 1 amide bonds. The number of fused-ring (bicyclic) bond motifs is 1. The molecule has 4 aromatic rings. The zero-order valence-electron chi connectivity index (χ0n) is 15.0. The number of amides is 1. The van der Waals surface area contributed by atoms with Gasteiger partial charge in [-0.1, -0.05) is 12.1 Å². The van der Waals surface area contributed by atoms with Gasteiger partial charge in [-0.25, -0.2) is 19.9 Å². The minimum Gasteiger partial charge on any atom is -0.446 e. The number of nitrogens with one attached hydrogen (secondary N) is 1. The van der Waals surface area contributed by atoms with Gasteiger partial charge in [-0.05, 0) is 32.0 Å². The molecule has 0 aliphatic carbocycles. The zero-order valence-corrected chi connectivity index (χ0v) is 15.0. The van der Waals surface area contributed by atoms with Crippen LogP contribution in [0.25, 0.3) is 11.0 Å². The lowest BCUT2D eigenvalue weighted by molar-refractivity contribution is 0.0944. The summed E-state index contributed by atoms with van der Waals surface area (Å²) < 4.78 is 7.37. The number of aromatic nitrogens is 5. The third-order valence-corrected chi connectivity index (χ3v) is 4.05. The van der Waals surface area contributed by atoms with E-state index in [1.165, 1.54) is 6.26 Å². The van der Waals surface area contributed by atoms with Crippen molar-refractivity contribution in [3.05, 3.63) is 71.7 Å². The van der Waals surface area contributed by atoms with E-state index in [2.05, 4.69) is 25.3 Å². The van der Waals surface area contributed by atoms with Crippen molar-refractivity contribution in [2.75, 3.05) is 0 Å². The number of imidazole rings is 1. The number of carbonyl (C=O) groups is 1. The molecule has 0 aliphatic rings. The van der Waals surface area contributed by atoms with Crippen molar-refractivity contribution in [3.8, 4) is 0 Å². The van der Waals surface area contributed by atoms with Crippen molar-refractivity contribution in [3.63, 3.8) is 0 Å². The van der Waals surface area contributed by atoms with Gasteiger partial charge in [-0.15, -0.1) is 0 Å². The first-order chi connectivity index (χ1) is 13.1. The highest BCUT2D eigenvalue weighted by Gasteiger charge is 2.14. The molecule has 8 heteroatoms. The summed E-state index contributed by atoms with van der Waals surface area (Å²) in [4.78, 5) is 29.5. The molecule has 4 rings (SSSR count). The molecule has 3 aromatic heterocycles. The number of rotatable bonds is 5. The highest BCUT2D eigenvalue weighted by atomic mass is 16.3. The number of nitrogens with zero attached hydrogens (tertiary/aromatic N) is 5. The van der Waals surface area contributed by atoms with Crippen molar-refractivity contribution in [2.24, 2.45) is 0 Å². The predicted octanol–water partition coefficient (Wildman–Crippen LogP) is 2.41. The third kappa shape index (κ3) is 3.69. The summed E-state index contributed by atoms with van der Waals surface area (Å²) in [5, 5.41) is 2.77. The Hall–Kier alpha value is -3.55. The highest BCUT2D eigenvalue weighted by molar-refractivity contribution is 5.91. The van der Waals surface area contributed by atoms with Crippen LogP contribution in [0.15, 0.2) is 47.3 Å². The summed E-state index contributed by atoms with van der Waals surface area (Å²) in [6, 6.07) is 9.68. The summed E-state index contributed by atoms with van der Waals surface area (Å²) in [6.45, 7) is 4.41. The minimum absolute atomic E-state index is 0.221. The van der Waals surface area contributed by atoms with Crippen LogP contribution in [-0.2, 0) is 13.1 Å². The molecule has 0 unspecified atom stereocenters. The van der Waals surface area contributed by atoms with Gasteiger partial charge in [0.05, 0.1) is 23.9 Å². The Morgan fingerprint density at radius 2 is 1.93 bits per heavy atom. The molecular weight excluding hydrogens is 344 g/mol. The third-order valence-electron chi connectivity index (χ3n) is 4.05. The van der Waals surface area contributed by atoms with Gasteiger partial charge in [0.25, 0.3) is 5.91 Å². The van der Waals surface area contributed by atoms with Crippen molar-refractivity contribution < 1.29 is 9.21 Å². The monoisotopic (exact) mass is 362 g/mol. The average Bonchev–Trinajstić information content (AvgIpc) is 3.27. The maximum atomic E-state index is 12.3. The first-order valence-corrected chi connectivity index (χ1v) is 8.52. The molecule has 3 heterocycles. The Bertz CT molecular complexity index is 1090. The Kier molecular flexibility index (Phi) is 4.37. The van der Waals surface area contributed by atoms with E-state index in [4.69, 9.17) is 4.42 Å². The Labute approximate surface area is 155 Å². The Balaban J connectivity index is 1.43. The van der Waals surface area contributed by atoms with Crippen LogP contribution in [0, 0.1) is 13.8 Å². The second kappa shape index (κ2) is 6.99. The van der Waals surface area contributed by atoms with Gasteiger partial charge in [-0.2, -0.15) is 0 Å². The number of hydrogen-bond donors (Lipinski definition) is 1. The predicted molar refractivity (Wildman–Crippen MR) is 98.0 cm³/mol. The fraction of sp³-hybridized carbons (Fsp3) is 0.211. The normalized spacial score (nSPS) is 11.0. The zero-order chi connectivity index (χ0) is 18.8. The topological polar surface area (TPSA) is 98.7 Å². The van der Waals surface area contributed by atoms with Gasteiger partial charge in [0.1, 0.15) is 18.6 Å². The summed E-state index contributed by atoms with van der Waals surface area (Å²) in [7, 11) is 0. The molecular formula is C19H18N6O2. The van der Waals surface area contributed by atoms with Crippen molar-refractivity contribution in [2.45, 2.75) is 26.9 Å².